The molecule has 0 fully saturated rings. The summed E-state index contributed by atoms with van der Waals surface area (Å²) in [6.45, 7) is 1.97. The van der Waals surface area contributed by atoms with Gasteiger partial charge in [0, 0.05) is 11.1 Å². The van der Waals surface area contributed by atoms with Crippen LogP contribution in [0.3, 0.4) is 0 Å². The lowest BCUT2D eigenvalue weighted by Crippen LogP contribution is -2.17. The number of carbonyl (C=O) groups is 1. The molecule has 1 amide bonds. The van der Waals surface area contributed by atoms with Crippen molar-refractivity contribution in [1.82, 2.24) is 5.43 Å². The number of rotatable bonds is 7. The number of nitrogens with one attached hydrogen (secondary N) is 1. The highest BCUT2D eigenvalue weighted by Gasteiger charge is 2.16. The average Bonchev–Trinajstić information content (AvgIpc) is 2.79. The molecule has 3 rings (SSSR count). The van der Waals surface area contributed by atoms with Gasteiger partial charge in [-0.3, -0.25) is 4.79 Å². The fourth-order valence-electron chi connectivity index (χ4n) is 2.90. The zero-order valence-corrected chi connectivity index (χ0v) is 18.3. The quantitative estimate of drug-likeness (QED) is 0.306. The maximum Gasteiger partial charge on any atom is 0.271 e. The van der Waals surface area contributed by atoms with Crippen molar-refractivity contribution >= 4 is 23.7 Å². The number of methoxy groups -OCH3 is 1. The Balaban J connectivity index is 1.70. The third kappa shape index (κ3) is 5.60. The maximum absolute atomic E-state index is 12.2. The second-order valence-corrected chi connectivity index (χ2v) is 7.25. The van der Waals surface area contributed by atoms with Crippen molar-refractivity contribution in [3.8, 4) is 29.6 Å². The molecule has 0 saturated carbocycles. The van der Waals surface area contributed by atoms with E-state index >= 15 is 0 Å². The third-order valence-corrected chi connectivity index (χ3v) is 4.83. The fraction of sp³-hybridized carbons (Fsp3) is 0.120. The maximum atomic E-state index is 12.2. The molecule has 0 aromatic heterocycles. The Labute approximate surface area is 191 Å². The molecule has 6 nitrogen and oxygen atoms in total. The van der Waals surface area contributed by atoms with Gasteiger partial charge in [-0.15, -0.1) is 6.42 Å². The van der Waals surface area contributed by atoms with Gasteiger partial charge in [-0.05, 0) is 54.4 Å². The van der Waals surface area contributed by atoms with E-state index < -0.39 is 12.0 Å². The first-order valence-electron chi connectivity index (χ1n) is 9.60. The number of hydrazone groups is 1. The van der Waals surface area contributed by atoms with E-state index in [1.165, 1.54) is 24.4 Å². The molecule has 7 heteroatoms. The van der Waals surface area contributed by atoms with Crippen LogP contribution in [0.1, 0.15) is 33.2 Å². The molecular weight excluding hydrogens is 428 g/mol. The number of terminal acetylenes is 1. The van der Waals surface area contributed by atoms with Crippen LogP contribution in [0.4, 0.5) is 0 Å². The Hall–Kier alpha value is -3.95. The minimum atomic E-state index is -0.642. The van der Waals surface area contributed by atoms with Crippen LogP contribution in [0.5, 0.6) is 17.2 Å². The van der Waals surface area contributed by atoms with E-state index in [4.69, 9.17) is 27.5 Å². The number of hydrogen-bond acceptors (Lipinski definition) is 5. The Kier molecular flexibility index (Phi) is 7.37. The Morgan fingerprint density at radius 2 is 2.03 bits per heavy atom. The van der Waals surface area contributed by atoms with Crippen LogP contribution in [0.15, 0.2) is 65.8 Å². The Bertz CT molecular complexity index is 1200. The number of carbonyl (C=O) groups excluding carboxylic acids is 1. The SMILES string of the molecule is C#CC(Oc1cccc(C=NNC(=O)c2ccc(O)c(Cl)c2)c1)c1ccc(C)cc1OC. The summed E-state index contributed by atoms with van der Waals surface area (Å²) in [5.74, 6) is 3.27. The molecule has 32 heavy (non-hydrogen) atoms. The predicted octanol–water partition coefficient (Wildman–Crippen LogP) is 4.88. The van der Waals surface area contributed by atoms with Gasteiger partial charge in [0.05, 0.1) is 18.3 Å². The standard InChI is InChI=1S/C25H21ClN2O4/c1-4-23(20-10-8-16(2)12-24(20)31-3)32-19-7-5-6-17(13-19)15-27-28-25(30)18-9-11-22(29)21(26)14-18/h1,5-15,23,29H,2-3H3,(H,28,30). The minimum absolute atomic E-state index is 0.0831. The van der Waals surface area contributed by atoms with Crippen LogP contribution in [0.25, 0.3) is 0 Å². The lowest BCUT2D eigenvalue weighted by molar-refractivity contribution is 0.0955. The largest absolute Gasteiger partial charge is 0.506 e. The molecule has 2 N–H and O–H groups in total. The van der Waals surface area contributed by atoms with E-state index in [9.17, 15) is 9.90 Å². The predicted molar refractivity (Wildman–Crippen MR) is 125 cm³/mol. The summed E-state index contributed by atoms with van der Waals surface area (Å²) in [5.41, 5.74) is 5.18. The molecular formula is C25H21ClN2O4. The number of amides is 1. The van der Waals surface area contributed by atoms with E-state index in [2.05, 4.69) is 16.4 Å². The van der Waals surface area contributed by atoms with Gasteiger partial charge in [0.15, 0.2) is 6.10 Å². The van der Waals surface area contributed by atoms with E-state index in [0.717, 1.165) is 11.1 Å². The molecule has 0 bridgehead atoms. The van der Waals surface area contributed by atoms with Crippen LogP contribution < -0.4 is 14.9 Å². The van der Waals surface area contributed by atoms with Gasteiger partial charge in [0.2, 0.25) is 0 Å². The zero-order valence-electron chi connectivity index (χ0n) is 17.5. The Morgan fingerprint density at radius 3 is 2.75 bits per heavy atom. The van der Waals surface area contributed by atoms with Crippen molar-refractivity contribution in [2.75, 3.05) is 7.11 Å². The Morgan fingerprint density at radius 1 is 1.22 bits per heavy atom. The highest BCUT2D eigenvalue weighted by atomic mass is 35.5. The molecule has 0 aliphatic carbocycles. The van der Waals surface area contributed by atoms with Crippen LogP contribution in [-0.4, -0.2) is 24.3 Å². The number of benzene rings is 3. The average molecular weight is 449 g/mol. The van der Waals surface area contributed by atoms with Gasteiger partial charge in [-0.25, -0.2) is 5.43 Å². The second kappa shape index (κ2) is 10.4. The molecule has 0 aliphatic rings. The highest BCUT2D eigenvalue weighted by Crippen LogP contribution is 2.30. The molecule has 0 spiro atoms. The number of phenols is 1. The van der Waals surface area contributed by atoms with E-state index in [1.54, 1.807) is 31.4 Å². The lowest BCUT2D eigenvalue weighted by atomic mass is 10.1. The fourth-order valence-corrected chi connectivity index (χ4v) is 3.09. The second-order valence-electron chi connectivity index (χ2n) is 6.85. The highest BCUT2D eigenvalue weighted by molar-refractivity contribution is 6.32. The number of halogens is 1. The van der Waals surface area contributed by atoms with Gasteiger partial charge in [0.1, 0.15) is 17.2 Å². The number of hydrogen-bond donors (Lipinski definition) is 2. The van der Waals surface area contributed by atoms with Crippen molar-refractivity contribution in [1.29, 1.82) is 0 Å². The molecule has 0 heterocycles. The topological polar surface area (TPSA) is 80.2 Å². The zero-order chi connectivity index (χ0) is 23.1. The van der Waals surface area contributed by atoms with Crippen molar-refractivity contribution in [3.63, 3.8) is 0 Å². The van der Waals surface area contributed by atoms with Crippen LogP contribution in [-0.2, 0) is 0 Å². The molecule has 0 aliphatic heterocycles. The third-order valence-electron chi connectivity index (χ3n) is 4.52. The van der Waals surface area contributed by atoms with Crippen molar-refractivity contribution < 1.29 is 19.4 Å². The van der Waals surface area contributed by atoms with Gasteiger partial charge in [0.25, 0.3) is 5.91 Å². The molecule has 162 valence electrons. The van der Waals surface area contributed by atoms with Crippen LogP contribution in [0.2, 0.25) is 5.02 Å². The monoisotopic (exact) mass is 448 g/mol. The van der Waals surface area contributed by atoms with Crippen molar-refractivity contribution in [2.45, 2.75) is 13.0 Å². The number of ether oxygens (including phenoxy) is 2. The molecule has 3 aromatic rings. The number of nitrogens with zero attached hydrogens (tertiary/aromatic N) is 1. The number of aryl methyl sites for hydroxylation is 1. The summed E-state index contributed by atoms with van der Waals surface area (Å²) in [6.07, 6.45) is 6.55. The summed E-state index contributed by atoms with van der Waals surface area (Å²) in [6, 6.07) is 17.0. The van der Waals surface area contributed by atoms with Gasteiger partial charge >= 0.3 is 0 Å². The van der Waals surface area contributed by atoms with E-state index in [-0.39, 0.29) is 16.3 Å². The van der Waals surface area contributed by atoms with Gasteiger partial charge in [-0.1, -0.05) is 41.8 Å². The van der Waals surface area contributed by atoms with E-state index in [1.807, 2.05) is 25.1 Å². The van der Waals surface area contributed by atoms with Crippen molar-refractivity contribution in [2.24, 2.45) is 5.10 Å². The number of aromatic hydroxyl groups is 1. The normalized spacial score (nSPS) is 11.6. The summed E-state index contributed by atoms with van der Waals surface area (Å²) in [7, 11) is 1.59. The molecule has 0 radical (unpaired) electrons. The molecule has 0 saturated heterocycles. The number of phenolic OH excluding ortho intramolecular Hbond substituents is 1. The van der Waals surface area contributed by atoms with Gasteiger partial charge in [-0.2, -0.15) is 5.10 Å². The van der Waals surface area contributed by atoms with Gasteiger partial charge < -0.3 is 14.6 Å². The smallest absolute Gasteiger partial charge is 0.271 e. The summed E-state index contributed by atoms with van der Waals surface area (Å²) in [5, 5.41) is 13.5. The van der Waals surface area contributed by atoms with Crippen molar-refractivity contribution in [3.05, 3.63) is 87.9 Å². The molecule has 3 aromatic carbocycles. The minimum Gasteiger partial charge on any atom is -0.506 e. The first kappa shape index (κ1) is 22.7. The first-order chi connectivity index (χ1) is 15.4. The summed E-state index contributed by atoms with van der Waals surface area (Å²) >= 11 is 5.83. The molecule has 1 unspecified atom stereocenters. The summed E-state index contributed by atoms with van der Waals surface area (Å²) in [4.78, 5) is 12.2. The van der Waals surface area contributed by atoms with Crippen LogP contribution in [0, 0.1) is 19.3 Å². The summed E-state index contributed by atoms with van der Waals surface area (Å²) < 4.78 is 11.4. The van der Waals surface area contributed by atoms with E-state index in [0.29, 0.717) is 17.1 Å². The van der Waals surface area contributed by atoms with Crippen LogP contribution >= 0.6 is 11.6 Å². The first-order valence-corrected chi connectivity index (χ1v) is 9.98. The molecule has 1 atom stereocenters. The lowest BCUT2D eigenvalue weighted by Gasteiger charge is -2.17.